The van der Waals surface area contributed by atoms with E-state index in [1.807, 2.05) is 42.5 Å². The highest BCUT2D eigenvalue weighted by Crippen LogP contribution is 2.31. The van der Waals surface area contributed by atoms with E-state index in [1.54, 1.807) is 21.9 Å². The van der Waals surface area contributed by atoms with Crippen LogP contribution in [0.25, 0.3) is 22.2 Å². The van der Waals surface area contributed by atoms with E-state index in [1.165, 1.54) is 0 Å². The molecule has 3 heterocycles. The first kappa shape index (κ1) is 19.8. The van der Waals surface area contributed by atoms with Crippen molar-refractivity contribution in [3.8, 4) is 11.3 Å². The van der Waals surface area contributed by atoms with Crippen molar-refractivity contribution in [1.82, 2.24) is 14.8 Å². The number of nitrogens with zero attached hydrogens (tertiary/aromatic N) is 3. The van der Waals surface area contributed by atoms with Crippen molar-refractivity contribution < 1.29 is 14.7 Å². The third-order valence-electron chi connectivity index (χ3n) is 6.31. The number of pyridine rings is 1. The molecule has 7 heteroatoms. The van der Waals surface area contributed by atoms with E-state index in [9.17, 15) is 14.7 Å². The van der Waals surface area contributed by atoms with Gasteiger partial charge in [0.05, 0.1) is 28.3 Å². The number of amides is 2. The van der Waals surface area contributed by atoms with Gasteiger partial charge in [-0.2, -0.15) is 0 Å². The molecule has 158 valence electrons. The van der Waals surface area contributed by atoms with Gasteiger partial charge in [0, 0.05) is 29.6 Å². The molecule has 1 N–H and O–H groups in total. The Morgan fingerprint density at radius 3 is 2.39 bits per heavy atom. The number of carbonyl (C=O) groups excluding carboxylic acids is 1. The fourth-order valence-electron chi connectivity index (χ4n) is 4.84. The number of fused-ring (bicyclic) bond motifs is 3. The summed E-state index contributed by atoms with van der Waals surface area (Å²) in [4.78, 5) is 33.0. The van der Waals surface area contributed by atoms with Gasteiger partial charge in [0.25, 0.3) is 5.91 Å². The second-order valence-corrected chi connectivity index (χ2v) is 8.63. The molecule has 2 fully saturated rings. The van der Waals surface area contributed by atoms with Gasteiger partial charge in [-0.15, -0.1) is 0 Å². The maximum absolute atomic E-state index is 13.3. The van der Waals surface area contributed by atoms with E-state index >= 15 is 0 Å². The zero-order chi connectivity index (χ0) is 21.5. The first-order valence-electron chi connectivity index (χ1n) is 10.5. The Balaban J connectivity index is 1.46. The molecule has 0 spiro atoms. The molecule has 2 aromatic carbocycles. The lowest BCUT2D eigenvalue weighted by Gasteiger charge is -2.48. The maximum atomic E-state index is 13.3. The number of aromatic nitrogens is 1. The number of halogens is 1. The van der Waals surface area contributed by atoms with Gasteiger partial charge in [0.2, 0.25) is 0 Å². The molecular weight excluding hydrogens is 414 g/mol. The van der Waals surface area contributed by atoms with Gasteiger partial charge in [0.15, 0.2) is 0 Å². The summed E-state index contributed by atoms with van der Waals surface area (Å²) in [7, 11) is 0. The number of piperidine rings is 1. The van der Waals surface area contributed by atoms with Crippen LogP contribution < -0.4 is 0 Å². The molecule has 2 atom stereocenters. The Bertz CT molecular complexity index is 1150. The van der Waals surface area contributed by atoms with E-state index < -0.39 is 6.09 Å². The quantitative estimate of drug-likeness (QED) is 0.620. The minimum Gasteiger partial charge on any atom is -0.465 e. The summed E-state index contributed by atoms with van der Waals surface area (Å²) >= 11 is 6.51. The topological polar surface area (TPSA) is 73.7 Å². The summed E-state index contributed by atoms with van der Waals surface area (Å²) in [6, 6.07) is 16.8. The lowest BCUT2D eigenvalue weighted by Crippen LogP contribution is -2.63. The number of hydrogen-bond acceptors (Lipinski definition) is 3. The van der Waals surface area contributed by atoms with Crippen molar-refractivity contribution in [2.24, 2.45) is 0 Å². The summed E-state index contributed by atoms with van der Waals surface area (Å²) < 4.78 is 0. The molecule has 0 radical (unpaired) electrons. The van der Waals surface area contributed by atoms with Crippen LogP contribution >= 0.6 is 11.6 Å². The summed E-state index contributed by atoms with van der Waals surface area (Å²) in [6.45, 7) is 0.857. The number of rotatable bonds is 2. The average molecular weight is 436 g/mol. The van der Waals surface area contributed by atoms with Crippen molar-refractivity contribution in [2.45, 2.75) is 31.3 Å². The summed E-state index contributed by atoms with van der Waals surface area (Å²) in [5, 5.41) is 10.9. The van der Waals surface area contributed by atoms with Crippen LogP contribution in [0.4, 0.5) is 4.79 Å². The maximum Gasteiger partial charge on any atom is 0.407 e. The highest BCUT2D eigenvalue weighted by molar-refractivity contribution is 6.35. The number of piperazine rings is 1. The zero-order valence-electron chi connectivity index (χ0n) is 16.9. The molecule has 2 saturated heterocycles. The van der Waals surface area contributed by atoms with E-state index in [4.69, 9.17) is 16.6 Å². The van der Waals surface area contributed by atoms with E-state index in [2.05, 4.69) is 0 Å². The molecule has 2 aliphatic heterocycles. The average Bonchev–Trinajstić information content (AvgIpc) is 2.77. The SMILES string of the molecule is O=C(c1ccc2c(Cl)cc(-c3ccccc3)nc2c1)N1CC2CCCC(C1)N2C(=O)O. The van der Waals surface area contributed by atoms with Crippen LogP contribution in [0, 0.1) is 0 Å². The van der Waals surface area contributed by atoms with Crippen LogP contribution in [0.1, 0.15) is 29.6 Å². The molecule has 6 nitrogen and oxygen atoms in total. The second-order valence-electron chi connectivity index (χ2n) is 8.23. The molecular formula is C24H22ClN3O3. The number of hydrogen-bond donors (Lipinski definition) is 1. The molecule has 2 amide bonds. The summed E-state index contributed by atoms with van der Waals surface area (Å²) in [5.41, 5.74) is 2.93. The van der Waals surface area contributed by atoms with E-state index in [0.717, 1.165) is 35.9 Å². The largest absolute Gasteiger partial charge is 0.465 e. The summed E-state index contributed by atoms with van der Waals surface area (Å²) in [5.74, 6) is -0.0909. The molecule has 1 aromatic heterocycles. The highest BCUT2D eigenvalue weighted by atomic mass is 35.5. The van der Waals surface area contributed by atoms with Crippen molar-refractivity contribution >= 4 is 34.5 Å². The second kappa shape index (κ2) is 7.85. The first-order chi connectivity index (χ1) is 15.0. The van der Waals surface area contributed by atoms with Gasteiger partial charge in [-0.25, -0.2) is 9.78 Å². The van der Waals surface area contributed by atoms with Gasteiger partial charge in [0.1, 0.15) is 0 Å². The molecule has 31 heavy (non-hydrogen) atoms. The molecule has 2 unspecified atom stereocenters. The van der Waals surface area contributed by atoms with Crippen LogP contribution in [0.15, 0.2) is 54.6 Å². The predicted octanol–water partition coefficient (Wildman–Crippen LogP) is 4.91. The Hall–Kier alpha value is -3.12. The van der Waals surface area contributed by atoms with Gasteiger partial charge >= 0.3 is 6.09 Å². The Morgan fingerprint density at radius 2 is 1.71 bits per heavy atom. The normalized spacial score (nSPS) is 20.7. The van der Waals surface area contributed by atoms with Crippen LogP contribution in [0.2, 0.25) is 5.02 Å². The van der Waals surface area contributed by atoms with Crippen LogP contribution in [0.5, 0.6) is 0 Å². The number of carboxylic acid groups (broad SMARTS) is 1. The molecule has 5 rings (SSSR count). The van der Waals surface area contributed by atoms with Gasteiger partial charge < -0.3 is 10.0 Å². The minimum absolute atomic E-state index is 0.0909. The Kier molecular flexibility index (Phi) is 5.02. The molecule has 3 aromatic rings. The number of benzene rings is 2. The van der Waals surface area contributed by atoms with Gasteiger partial charge in [-0.05, 0) is 37.5 Å². The van der Waals surface area contributed by atoms with Crippen molar-refractivity contribution in [2.75, 3.05) is 13.1 Å². The lowest BCUT2D eigenvalue weighted by atomic mass is 9.91. The number of likely N-dealkylation sites (tertiary alicyclic amines) is 1. The predicted molar refractivity (Wildman–Crippen MR) is 119 cm³/mol. The van der Waals surface area contributed by atoms with Crippen molar-refractivity contribution in [1.29, 1.82) is 0 Å². The molecule has 0 aliphatic carbocycles. The van der Waals surface area contributed by atoms with Gasteiger partial charge in [-0.1, -0.05) is 48.0 Å². The number of carbonyl (C=O) groups is 2. The van der Waals surface area contributed by atoms with Gasteiger partial charge in [-0.3, -0.25) is 9.69 Å². The Labute approximate surface area is 185 Å². The molecule has 0 saturated carbocycles. The van der Waals surface area contributed by atoms with E-state index in [-0.39, 0.29) is 18.0 Å². The minimum atomic E-state index is -0.889. The van der Waals surface area contributed by atoms with Crippen LogP contribution in [-0.4, -0.2) is 57.1 Å². The molecule has 2 bridgehead atoms. The highest BCUT2D eigenvalue weighted by Gasteiger charge is 2.41. The van der Waals surface area contributed by atoms with Crippen LogP contribution in [0.3, 0.4) is 0 Å². The van der Waals surface area contributed by atoms with Crippen LogP contribution in [-0.2, 0) is 0 Å². The summed E-state index contributed by atoms with van der Waals surface area (Å²) in [6.07, 6.45) is 1.70. The third kappa shape index (κ3) is 3.61. The van der Waals surface area contributed by atoms with Crippen molar-refractivity contribution in [3.05, 3.63) is 65.2 Å². The zero-order valence-corrected chi connectivity index (χ0v) is 17.6. The lowest BCUT2D eigenvalue weighted by molar-refractivity contribution is 0.00371. The first-order valence-corrected chi connectivity index (χ1v) is 10.9. The Morgan fingerprint density at radius 1 is 1.00 bits per heavy atom. The third-order valence-corrected chi connectivity index (χ3v) is 6.62. The fourth-order valence-corrected chi connectivity index (χ4v) is 5.11. The standard InChI is InChI=1S/C24H22ClN3O3/c25-20-12-21(15-5-2-1-3-6-15)26-22-11-16(9-10-19(20)22)23(29)27-13-17-7-4-8-18(14-27)28(17)24(30)31/h1-3,5-6,9-12,17-18H,4,7-8,13-14H2,(H,30,31). The fraction of sp³-hybridized carbons (Fsp3) is 0.292. The molecule has 2 aliphatic rings. The smallest absolute Gasteiger partial charge is 0.407 e. The van der Waals surface area contributed by atoms with Crippen molar-refractivity contribution in [3.63, 3.8) is 0 Å². The van der Waals surface area contributed by atoms with E-state index in [0.29, 0.717) is 29.2 Å². The monoisotopic (exact) mass is 435 g/mol.